The zero-order valence-electron chi connectivity index (χ0n) is 16.6. The first kappa shape index (κ1) is 19.4. The highest BCUT2D eigenvalue weighted by Gasteiger charge is 2.40. The Kier molecular flexibility index (Phi) is 4.91. The van der Waals surface area contributed by atoms with Crippen LogP contribution in [0.5, 0.6) is 5.75 Å². The highest BCUT2D eigenvalue weighted by molar-refractivity contribution is 5.56. The number of benzene rings is 1. The van der Waals surface area contributed by atoms with Crippen LogP contribution in [0.3, 0.4) is 0 Å². The minimum absolute atomic E-state index is 0.136. The summed E-state index contributed by atoms with van der Waals surface area (Å²) in [5.41, 5.74) is 0.318. The molecule has 2 aliphatic carbocycles. The fourth-order valence-corrected chi connectivity index (χ4v) is 4.49. The van der Waals surface area contributed by atoms with E-state index in [0.717, 1.165) is 38.5 Å². The van der Waals surface area contributed by atoms with E-state index >= 15 is 0 Å². The standard InChI is InChI=1S/C23H24F3N3O/c24-23(25,26)21-19(12-13-29-20(14-15-6-7-15)27-28-22(21)29)30-18-10-8-17(9-11-18)16-4-2-1-3-5-16/h1-5,12-13,15,17-18H,6-11,14H2. The Hall–Kier alpha value is -2.57. The van der Waals surface area contributed by atoms with Gasteiger partial charge in [0.15, 0.2) is 5.65 Å². The Balaban J connectivity index is 1.36. The van der Waals surface area contributed by atoms with E-state index < -0.39 is 11.7 Å². The second kappa shape index (κ2) is 7.60. The normalized spacial score (nSPS) is 22.4. The molecule has 2 aromatic heterocycles. The third-order valence-electron chi connectivity index (χ3n) is 6.30. The number of hydrogen-bond donors (Lipinski definition) is 0. The van der Waals surface area contributed by atoms with E-state index in [-0.39, 0.29) is 17.5 Å². The molecule has 7 heteroatoms. The fourth-order valence-electron chi connectivity index (χ4n) is 4.49. The minimum Gasteiger partial charge on any atom is -0.490 e. The molecule has 0 atom stereocenters. The van der Waals surface area contributed by atoms with E-state index in [4.69, 9.17) is 4.74 Å². The lowest BCUT2D eigenvalue weighted by Crippen LogP contribution is -2.25. The van der Waals surface area contributed by atoms with Gasteiger partial charge in [-0.15, -0.1) is 10.2 Å². The van der Waals surface area contributed by atoms with Crippen molar-refractivity contribution in [1.29, 1.82) is 0 Å². The lowest BCUT2D eigenvalue weighted by atomic mass is 9.83. The van der Waals surface area contributed by atoms with Crippen LogP contribution in [0.15, 0.2) is 42.6 Å². The highest BCUT2D eigenvalue weighted by atomic mass is 19.4. The molecule has 0 bridgehead atoms. The Morgan fingerprint density at radius 1 is 0.933 bits per heavy atom. The molecular weight excluding hydrogens is 391 g/mol. The zero-order chi connectivity index (χ0) is 20.7. The van der Waals surface area contributed by atoms with Gasteiger partial charge in [-0.05, 0) is 62.0 Å². The van der Waals surface area contributed by atoms with Gasteiger partial charge in [-0.25, -0.2) is 0 Å². The largest absolute Gasteiger partial charge is 0.490 e. The van der Waals surface area contributed by atoms with Crippen molar-refractivity contribution in [2.24, 2.45) is 5.92 Å². The lowest BCUT2D eigenvalue weighted by molar-refractivity contribution is -0.138. The number of nitrogens with zero attached hydrogens (tertiary/aromatic N) is 3. The number of aromatic nitrogens is 3. The highest BCUT2D eigenvalue weighted by Crippen LogP contribution is 2.42. The average molecular weight is 415 g/mol. The van der Waals surface area contributed by atoms with Crippen molar-refractivity contribution in [3.63, 3.8) is 0 Å². The van der Waals surface area contributed by atoms with Crippen LogP contribution in [0.4, 0.5) is 13.2 Å². The van der Waals surface area contributed by atoms with E-state index in [2.05, 4.69) is 22.3 Å². The Morgan fingerprint density at radius 3 is 2.33 bits per heavy atom. The summed E-state index contributed by atoms with van der Waals surface area (Å²) in [6.07, 6.45) is 3.02. The summed E-state index contributed by atoms with van der Waals surface area (Å²) in [6, 6.07) is 11.7. The summed E-state index contributed by atoms with van der Waals surface area (Å²) < 4.78 is 49.2. The van der Waals surface area contributed by atoms with Crippen LogP contribution < -0.4 is 4.74 Å². The number of alkyl halides is 3. The van der Waals surface area contributed by atoms with Gasteiger partial charge in [0.25, 0.3) is 0 Å². The second-order valence-corrected chi connectivity index (χ2v) is 8.51. The predicted molar refractivity (Wildman–Crippen MR) is 106 cm³/mol. The van der Waals surface area contributed by atoms with Crippen LogP contribution in [0.25, 0.3) is 5.65 Å². The first-order chi connectivity index (χ1) is 14.5. The van der Waals surface area contributed by atoms with Gasteiger partial charge in [-0.1, -0.05) is 30.3 Å². The number of fused-ring (bicyclic) bond motifs is 1. The molecule has 0 aliphatic heterocycles. The van der Waals surface area contributed by atoms with Crippen LogP contribution in [0.2, 0.25) is 0 Å². The van der Waals surface area contributed by atoms with Gasteiger partial charge in [-0.3, -0.25) is 4.40 Å². The van der Waals surface area contributed by atoms with Crippen molar-refractivity contribution in [1.82, 2.24) is 14.6 Å². The Morgan fingerprint density at radius 2 is 1.67 bits per heavy atom. The molecule has 30 heavy (non-hydrogen) atoms. The van der Waals surface area contributed by atoms with Gasteiger partial charge < -0.3 is 4.74 Å². The smallest absolute Gasteiger partial charge is 0.423 e. The van der Waals surface area contributed by atoms with E-state index in [1.165, 1.54) is 16.0 Å². The topological polar surface area (TPSA) is 39.4 Å². The molecule has 0 unspecified atom stereocenters. The summed E-state index contributed by atoms with van der Waals surface area (Å²) >= 11 is 0. The Bertz CT molecular complexity index is 1020. The van der Waals surface area contributed by atoms with Crippen LogP contribution in [0, 0.1) is 5.92 Å². The van der Waals surface area contributed by atoms with Crippen molar-refractivity contribution in [3.8, 4) is 5.75 Å². The van der Waals surface area contributed by atoms with Gasteiger partial charge in [0.1, 0.15) is 17.1 Å². The molecule has 0 spiro atoms. The van der Waals surface area contributed by atoms with Gasteiger partial charge >= 0.3 is 6.18 Å². The van der Waals surface area contributed by atoms with Crippen molar-refractivity contribution in [3.05, 3.63) is 59.5 Å². The molecule has 2 heterocycles. The van der Waals surface area contributed by atoms with E-state index in [1.54, 1.807) is 6.20 Å². The van der Waals surface area contributed by atoms with Crippen molar-refractivity contribution < 1.29 is 17.9 Å². The third-order valence-corrected chi connectivity index (χ3v) is 6.30. The minimum atomic E-state index is -4.55. The third kappa shape index (κ3) is 3.89. The summed E-state index contributed by atoms with van der Waals surface area (Å²) in [6.45, 7) is 0. The number of ether oxygens (including phenoxy) is 1. The zero-order valence-corrected chi connectivity index (χ0v) is 16.6. The Labute approximate surface area is 173 Å². The van der Waals surface area contributed by atoms with E-state index in [9.17, 15) is 13.2 Å². The molecular formula is C23H24F3N3O. The molecule has 0 radical (unpaired) electrons. The SMILES string of the molecule is FC(F)(F)c1c(OC2CCC(c3ccccc3)CC2)ccn2c(CC3CC3)nnc12. The van der Waals surface area contributed by atoms with Crippen molar-refractivity contribution in [2.45, 2.75) is 63.1 Å². The fraction of sp³-hybridized carbons (Fsp3) is 0.478. The quantitative estimate of drug-likeness (QED) is 0.528. The van der Waals surface area contributed by atoms with Gasteiger partial charge in [0.05, 0.1) is 6.10 Å². The molecule has 0 amide bonds. The van der Waals surface area contributed by atoms with Crippen LogP contribution >= 0.6 is 0 Å². The number of halogens is 3. The molecule has 158 valence electrons. The summed E-state index contributed by atoms with van der Waals surface area (Å²) in [7, 11) is 0. The van der Waals surface area contributed by atoms with Crippen LogP contribution in [-0.4, -0.2) is 20.7 Å². The van der Waals surface area contributed by atoms with Gasteiger partial charge in [0, 0.05) is 12.6 Å². The predicted octanol–water partition coefficient (Wildman–Crippen LogP) is 5.81. The molecule has 2 aliphatic rings. The molecule has 1 aromatic carbocycles. The van der Waals surface area contributed by atoms with Gasteiger partial charge in [0.2, 0.25) is 0 Å². The van der Waals surface area contributed by atoms with Crippen molar-refractivity contribution >= 4 is 5.65 Å². The molecule has 0 N–H and O–H groups in total. The number of hydrogen-bond acceptors (Lipinski definition) is 3. The maximum Gasteiger partial charge on any atom is 0.423 e. The molecule has 0 saturated heterocycles. The van der Waals surface area contributed by atoms with Crippen LogP contribution in [0.1, 0.15) is 61.4 Å². The first-order valence-corrected chi connectivity index (χ1v) is 10.6. The summed E-state index contributed by atoms with van der Waals surface area (Å²) in [5, 5.41) is 7.92. The summed E-state index contributed by atoms with van der Waals surface area (Å²) in [5.74, 6) is 1.41. The van der Waals surface area contributed by atoms with E-state index in [1.807, 2.05) is 18.2 Å². The molecule has 2 fully saturated rings. The number of rotatable bonds is 5. The van der Waals surface area contributed by atoms with Gasteiger partial charge in [-0.2, -0.15) is 13.2 Å². The number of pyridine rings is 1. The first-order valence-electron chi connectivity index (χ1n) is 10.6. The second-order valence-electron chi connectivity index (χ2n) is 8.51. The summed E-state index contributed by atoms with van der Waals surface area (Å²) in [4.78, 5) is 0. The monoisotopic (exact) mass is 415 g/mol. The average Bonchev–Trinajstić information content (AvgIpc) is 3.47. The molecule has 3 aromatic rings. The maximum atomic E-state index is 13.9. The molecule has 2 saturated carbocycles. The van der Waals surface area contributed by atoms with Crippen LogP contribution in [-0.2, 0) is 12.6 Å². The molecule has 4 nitrogen and oxygen atoms in total. The van der Waals surface area contributed by atoms with Crippen molar-refractivity contribution in [2.75, 3.05) is 0 Å². The maximum absolute atomic E-state index is 13.9. The lowest BCUT2D eigenvalue weighted by Gasteiger charge is -2.30. The van der Waals surface area contributed by atoms with E-state index in [0.29, 0.717) is 24.1 Å². The molecule has 5 rings (SSSR count).